The largest absolute Gasteiger partial charge is 0.385 e. The molecule has 0 unspecified atom stereocenters. The summed E-state index contributed by atoms with van der Waals surface area (Å²) in [6.45, 7) is 1.26. The summed E-state index contributed by atoms with van der Waals surface area (Å²) in [5.74, 6) is 0.222. The molecule has 9 heavy (non-hydrogen) atoms. The van der Waals surface area contributed by atoms with E-state index < -0.39 is 0 Å². The molecular weight excluding hydrogens is 114 g/mol. The molecule has 0 heterocycles. The number of ether oxygens (including phenoxy) is 2. The molecule has 0 bridgehead atoms. The Labute approximate surface area is 58.5 Å². The van der Waals surface area contributed by atoms with E-state index >= 15 is 0 Å². The fourth-order valence-electron chi connectivity index (χ4n) is 0.587. The maximum Gasteiger partial charge on any atom is 0.0648 e. The molecule has 0 amide bonds. The van der Waals surface area contributed by atoms with Gasteiger partial charge in [0.05, 0.1) is 7.17 Å². The first-order valence-corrected chi connectivity index (χ1v) is 2.88. The van der Waals surface area contributed by atoms with Crippen LogP contribution in [0.15, 0.2) is 0 Å². The monoisotopic (exact) mass is 125 g/mol. The van der Waals surface area contributed by atoms with Crippen LogP contribution in [0.2, 0.25) is 5.82 Å². The Morgan fingerprint density at radius 3 is 2.00 bits per heavy atom. The molecule has 0 aromatic carbocycles. The fourth-order valence-corrected chi connectivity index (χ4v) is 0.587. The summed E-state index contributed by atoms with van der Waals surface area (Å²) in [6, 6.07) is 0. The maximum absolute atomic E-state index is 5.26. The molecule has 4 heteroatoms. The zero-order chi connectivity index (χ0) is 7.11. The highest BCUT2D eigenvalue weighted by Gasteiger charge is 2.03. The Morgan fingerprint density at radius 2 is 1.78 bits per heavy atom. The average Bonchev–Trinajstić information content (AvgIpc) is 1.88. The summed E-state index contributed by atoms with van der Waals surface area (Å²) in [5, 5.41) is 0. The van der Waals surface area contributed by atoms with Crippen molar-refractivity contribution in [1.82, 2.24) is 0 Å². The van der Waals surface area contributed by atoms with E-state index in [2.05, 4.69) is 0 Å². The van der Waals surface area contributed by atoms with E-state index in [4.69, 9.17) is 17.2 Å². The van der Waals surface area contributed by atoms with Crippen LogP contribution in [-0.4, -0.2) is 42.3 Å². The number of methoxy groups -OCH3 is 2. The van der Waals surface area contributed by atoms with Gasteiger partial charge >= 0.3 is 0 Å². The summed E-state index contributed by atoms with van der Waals surface area (Å²) in [5.41, 5.74) is 0. The van der Waals surface area contributed by atoms with Crippen LogP contribution in [0.25, 0.3) is 0 Å². The van der Waals surface area contributed by atoms with Crippen LogP contribution in [-0.2, 0) is 9.47 Å². The summed E-state index contributed by atoms with van der Waals surface area (Å²) >= 11 is 0. The molecule has 3 radical (unpaired) electrons. The van der Waals surface area contributed by atoms with E-state index in [1.807, 2.05) is 0 Å². The lowest BCUT2D eigenvalue weighted by Crippen LogP contribution is -2.15. The van der Waals surface area contributed by atoms with Crippen molar-refractivity contribution in [2.75, 3.05) is 27.4 Å². The quantitative estimate of drug-likeness (QED) is 0.475. The first kappa shape index (κ1) is 9.05. The lowest BCUT2D eigenvalue weighted by molar-refractivity contribution is 0.139. The first-order chi connectivity index (χ1) is 4.35. The van der Waals surface area contributed by atoms with E-state index in [-0.39, 0.29) is 5.82 Å². The minimum Gasteiger partial charge on any atom is -0.385 e. The summed E-state index contributed by atoms with van der Waals surface area (Å²) in [6.07, 6.45) is 0. The highest BCUT2D eigenvalue weighted by molar-refractivity contribution is 6.90. The van der Waals surface area contributed by atoms with Gasteiger partial charge in [-0.1, -0.05) is 0 Å². The smallest absolute Gasteiger partial charge is 0.0648 e. The molecular formula is C5H11B2O2. The maximum atomic E-state index is 5.26. The summed E-state index contributed by atoms with van der Waals surface area (Å²) < 4.78 is 9.71. The minimum absolute atomic E-state index is 0.222. The molecule has 0 rings (SSSR count). The van der Waals surface area contributed by atoms with Gasteiger partial charge in [0, 0.05) is 35.2 Å². The second kappa shape index (κ2) is 6.17. The second-order valence-corrected chi connectivity index (χ2v) is 1.86. The van der Waals surface area contributed by atoms with E-state index in [0.29, 0.717) is 13.2 Å². The van der Waals surface area contributed by atoms with Crippen molar-refractivity contribution in [3.8, 4) is 0 Å². The average molecular weight is 125 g/mol. The first-order valence-electron chi connectivity index (χ1n) is 2.88. The zero-order valence-corrected chi connectivity index (χ0v) is 5.96. The zero-order valence-electron chi connectivity index (χ0n) is 5.96. The predicted molar refractivity (Wildman–Crippen MR) is 39.0 cm³/mol. The van der Waals surface area contributed by atoms with Crippen LogP contribution >= 0.6 is 0 Å². The van der Waals surface area contributed by atoms with E-state index in [1.165, 1.54) is 0 Å². The van der Waals surface area contributed by atoms with E-state index in [0.717, 1.165) is 0 Å². The molecule has 2 nitrogen and oxygen atoms in total. The normalized spacial score (nSPS) is 10.1. The van der Waals surface area contributed by atoms with Crippen LogP contribution in [0.1, 0.15) is 0 Å². The van der Waals surface area contributed by atoms with Gasteiger partial charge in [0.1, 0.15) is 0 Å². The van der Waals surface area contributed by atoms with Crippen LogP contribution in [0.4, 0.5) is 0 Å². The Kier molecular flexibility index (Phi) is 6.21. The number of hydrogen-bond donors (Lipinski definition) is 0. The van der Waals surface area contributed by atoms with Crippen molar-refractivity contribution < 1.29 is 9.47 Å². The van der Waals surface area contributed by atoms with Crippen molar-refractivity contribution in [2.45, 2.75) is 5.82 Å². The van der Waals surface area contributed by atoms with Crippen LogP contribution in [0.3, 0.4) is 0 Å². The predicted octanol–water partition coefficient (Wildman–Crippen LogP) is -0.145. The van der Waals surface area contributed by atoms with E-state index in [1.54, 1.807) is 21.4 Å². The highest BCUT2D eigenvalue weighted by atomic mass is 16.5. The molecule has 0 aromatic rings. The molecule has 0 atom stereocenters. The Hall–Kier alpha value is 0.0499. The van der Waals surface area contributed by atoms with Gasteiger partial charge < -0.3 is 9.47 Å². The topological polar surface area (TPSA) is 18.5 Å². The number of hydrogen-bond acceptors (Lipinski definition) is 2. The van der Waals surface area contributed by atoms with Crippen molar-refractivity contribution >= 4 is 14.9 Å². The van der Waals surface area contributed by atoms with Crippen LogP contribution in [0.5, 0.6) is 0 Å². The third-order valence-corrected chi connectivity index (χ3v) is 1.03. The molecule has 0 aliphatic heterocycles. The summed E-state index contributed by atoms with van der Waals surface area (Å²) in [4.78, 5) is 0. The Morgan fingerprint density at radius 1 is 1.33 bits per heavy atom. The molecule has 0 saturated heterocycles. The highest BCUT2D eigenvalue weighted by Crippen LogP contribution is 2.00. The van der Waals surface area contributed by atoms with Crippen molar-refractivity contribution in [2.24, 2.45) is 0 Å². The van der Waals surface area contributed by atoms with Crippen LogP contribution in [0, 0.1) is 0 Å². The van der Waals surface area contributed by atoms with Crippen molar-refractivity contribution in [1.29, 1.82) is 0 Å². The summed E-state index contributed by atoms with van der Waals surface area (Å²) in [7, 11) is 10.1. The standard InChI is InChI=1S/C5H11B2O2/c1-8-3-5(7-6)4-9-2/h5H,3-4H2,1-2H3. The molecule has 0 saturated carbocycles. The molecule has 0 aliphatic rings. The van der Waals surface area contributed by atoms with Gasteiger partial charge in [-0.2, -0.15) is 0 Å². The van der Waals surface area contributed by atoms with E-state index in [9.17, 15) is 0 Å². The van der Waals surface area contributed by atoms with Gasteiger partial charge in [-0.3, -0.25) is 0 Å². The van der Waals surface area contributed by atoms with Gasteiger partial charge in [-0.25, -0.2) is 0 Å². The number of rotatable bonds is 5. The lowest BCUT2D eigenvalue weighted by atomic mass is 9.47. The fraction of sp³-hybridized carbons (Fsp3) is 1.00. The van der Waals surface area contributed by atoms with Gasteiger partial charge in [-0.15, -0.1) is 0 Å². The van der Waals surface area contributed by atoms with Gasteiger partial charge in [0.2, 0.25) is 0 Å². The van der Waals surface area contributed by atoms with Crippen molar-refractivity contribution in [3.63, 3.8) is 0 Å². The minimum atomic E-state index is 0.222. The SMILES string of the molecule is [B][B]C(COC)COC. The Bertz CT molecular complexity index is 54.9. The van der Waals surface area contributed by atoms with Gasteiger partial charge in [-0.05, 0) is 5.82 Å². The van der Waals surface area contributed by atoms with Gasteiger partial charge in [0.25, 0.3) is 0 Å². The molecule has 49 valence electrons. The molecule has 0 N–H and O–H groups in total. The molecule has 0 aliphatic carbocycles. The molecule has 0 spiro atoms. The van der Waals surface area contributed by atoms with Gasteiger partial charge in [0.15, 0.2) is 0 Å². The Balaban J connectivity index is 3.18. The third kappa shape index (κ3) is 4.55. The lowest BCUT2D eigenvalue weighted by Gasteiger charge is -2.10. The third-order valence-electron chi connectivity index (χ3n) is 1.03. The van der Waals surface area contributed by atoms with Crippen LogP contribution < -0.4 is 0 Å². The molecule has 0 fully saturated rings. The molecule has 0 aromatic heterocycles. The second-order valence-electron chi connectivity index (χ2n) is 1.86. The van der Waals surface area contributed by atoms with Crippen molar-refractivity contribution in [3.05, 3.63) is 0 Å².